The number of nitrogens with one attached hydrogen (secondary N) is 1. The maximum Gasteiger partial charge on any atom is 0.326 e. The summed E-state index contributed by atoms with van der Waals surface area (Å²) in [6.07, 6.45) is 0. The lowest BCUT2D eigenvalue weighted by Crippen LogP contribution is -2.45. The van der Waals surface area contributed by atoms with E-state index in [2.05, 4.69) is 5.32 Å². The Kier molecular flexibility index (Phi) is 5.03. The van der Waals surface area contributed by atoms with Gasteiger partial charge in [0, 0.05) is 0 Å². The van der Waals surface area contributed by atoms with Crippen LogP contribution in [-0.2, 0) is 9.59 Å². The predicted molar refractivity (Wildman–Crippen MR) is 69.2 cm³/mol. The van der Waals surface area contributed by atoms with Crippen LogP contribution >= 0.6 is 0 Å². The number of hydrogen-bond acceptors (Lipinski definition) is 2. The third-order valence-corrected chi connectivity index (χ3v) is 2.97. The van der Waals surface area contributed by atoms with Crippen LogP contribution in [0.15, 0.2) is 24.3 Å². The Morgan fingerprint density at radius 3 is 2.37 bits per heavy atom. The summed E-state index contributed by atoms with van der Waals surface area (Å²) in [6.45, 7) is 5.04. The lowest BCUT2D eigenvalue weighted by Gasteiger charge is -2.20. The van der Waals surface area contributed by atoms with E-state index in [0.29, 0.717) is 5.56 Å². The second-order valence-corrected chi connectivity index (χ2v) is 4.85. The Balaban J connectivity index is 2.80. The van der Waals surface area contributed by atoms with Gasteiger partial charge in [-0.2, -0.15) is 0 Å². The number of carboxylic acids is 1. The summed E-state index contributed by atoms with van der Waals surface area (Å²) in [5, 5.41) is 11.5. The van der Waals surface area contributed by atoms with Crippen molar-refractivity contribution in [2.45, 2.75) is 32.7 Å². The molecule has 0 spiro atoms. The van der Waals surface area contributed by atoms with E-state index in [0.717, 1.165) is 0 Å². The molecule has 0 aliphatic carbocycles. The van der Waals surface area contributed by atoms with Crippen LogP contribution in [0.2, 0.25) is 0 Å². The highest BCUT2D eigenvalue weighted by Crippen LogP contribution is 2.17. The smallest absolute Gasteiger partial charge is 0.326 e. The Morgan fingerprint density at radius 2 is 1.89 bits per heavy atom. The first-order chi connectivity index (χ1) is 8.82. The van der Waals surface area contributed by atoms with Crippen LogP contribution in [0.1, 0.15) is 32.3 Å². The number of amides is 1. The first-order valence-corrected chi connectivity index (χ1v) is 6.11. The molecule has 0 unspecified atom stereocenters. The molecule has 0 radical (unpaired) electrons. The Labute approximate surface area is 111 Å². The molecule has 2 atom stereocenters. The van der Waals surface area contributed by atoms with Gasteiger partial charge in [0.05, 0.1) is 5.92 Å². The minimum Gasteiger partial charge on any atom is -0.480 e. The zero-order chi connectivity index (χ0) is 14.6. The van der Waals surface area contributed by atoms with Crippen molar-refractivity contribution in [1.29, 1.82) is 0 Å². The van der Waals surface area contributed by atoms with Crippen LogP contribution in [0.25, 0.3) is 0 Å². The van der Waals surface area contributed by atoms with E-state index < -0.39 is 29.7 Å². The highest BCUT2D eigenvalue weighted by atomic mass is 19.1. The number of aliphatic carboxylic acids is 1. The molecule has 19 heavy (non-hydrogen) atoms. The van der Waals surface area contributed by atoms with Crippen molar-refractivity contribution in [1.82, 2.24) is 5.32 Å². The van der Waals surface area contributed by atoms with Crippen molar-refractivity contribution in [2.75, 3.05) is 0 Å². The van der Waals surface area contributed by atoms with E-state index in [1.807, 2.05) is 0 Å². The zero-order valence-electron chi connectivity index (χ0n) is 11.2. The van der Waals surface area contributed by atoms with Crippen LogP contribution in [0.5, 0.6) is 0 Å². The summed E-state index contributed by atoms with van der Waals surface area (Å²) in [7, 11) is 0. The molecular formula is C14H18FNO3. The van der Waals surface area contributed by atoms with Gasteiger partial charge in [0.1, 0.15) is 11.9 Å². The fourth-order valence-electron chi connectivity index (χ4n) is 1.72. The number of halogens is 1. The second-order valence-electron chi connectivity index (χ2n) is 4.85. The largest absolute Gasteiger partial charge is 0.480 e. The highest BCUT2D eigenvalue weighted by Gasteiger charge is 2.26. The van der Waals surface area contributed by atoms with Gasteiger partial charge in [0.25, 0.3) is 0 Å². The van der Waals surface area contributed by atoms with Crippen molar-refractivity contribution in [2.24, 2.45) is 5.92 Å². The maximum absolute atomic E-state index is 13.1. The third-order valence-electron chi connectivity index (χ3n) is 2.97. The molecule has 5 heteroatoms. The lowest BCUT2D eigenvalue weighted by atomic mass is 9.98. The van der Waals surface area contributed by atoms with Crippen LogP contribution in [0, 0.1) is 11.7 Å². The lowest BCUT2D eigenvalue weighted by molar-refractivity contribution is -0.143. The summed E-state index contributed by atoms with van der Waals surface area (Å²) in [6, 6.07) is 4.78. The molecule has 2 N–H and O–H groups in total. The molecule has 1 aromatic rings. The first-order valence-electron chi connectivity index (χ1n) is 6.11. The molecule has 4 nitrogen and oxygen atoms in total. The van der Waals surface area contributed by atoms with Crippen LogP contribution in [0.3, 0.4) is 0 Å². The van der Waals surface area contributed by atoms with Gasteiger partial charge in [-0.25, -0.2) is 9.18 Å². The monoisotopic (exact) mass is 267 g/mol. The number of rotatable bonds is 5. The number of benzene rings is 1. The normalized spacial score (nSPS) is 13.9. The molecular weight excluding hydrogens is 249 g/mol. The van der Waals surface area contributed by atoms with Gasteiger partial charge < -0.3 is 10.4 Å². The number of carbonyl (C=O) groups excluding carboxylic acids is 1. The molecule has 104 valence electrons. The Morgan fingerprint density at radius 1 is 1.26 bits per heavy atom. The van der Waals surface area contributed by atoms with Crippen molar-refractivity contribution in [3.8, 4) is 0 Å². The topological polar surface area (TPSA) is 66.4 Å². The molecule has 0 saturated heterocycles. The quantitative estimate of drug-likeness (QED) is 0.859. The Bertz CT molecular complexity index is 474. The molecule has 1 aromatic carbocycles. The van der Waals surface area contributed by atoms with Gasteiger partial charge in [0.2, 0.25) is 5.91 Å². The van der Waals surface area contributed by atoms with E-state index in [1.54, 1.807) is 26.8 Å². The van der Waals surface area contributed by atoms with Gasteiger partial charge in [0.15, 0.2) is 0 Å². The molecule has 0 bridgehead atoms. The van der Waals surface area contributed by atoms with Crippen LogP contribution in [0.4, 0.5) is 4.39 Å². The maximum atomic E-state index is 13.1. The average molecular weight is 267 g/mol. The van der Waals surface area contributed by atoms with Crippen molar-refractivity contribution >= 4 is 11.9 Å². The molecule has 1 rings (SSSR count). The molecule has 1 amide bonds. The van der Waals surface area contributed by atoms with Crippen molar-refractivity contribution in [3.05, 3.63) is 35.6 Å². The number of carboxylic acid groups (broad SMARTS) is 1. The molecule has 0 heterocycles. The predicted octanol–water partition coefficient (Wildman–Crippen LogP) is 2.15. The van der Waals surface area contributed by atoms with E-state index in [4.69, 9.17) is 5.11 Å². The van der Waals surface area contributed by atoms with E-state index in [9.17, 15) is 14.0 Å². The number of hydrogen-bond donors (Lipinski definition) is 2. The summed E-state index contributed by atoms with van der Waals surface area (Å²) in [5.41, 5.74) is 0.519. The molecule has 0 aromatic heterocycles. The van der Waals surface area contributed by atoms with Crippen LogP contribution < -0.4 is 5.32 Å². The van der Waals surface area contributed by atoms with Crippen molar-refractivity contribution < 1.29 is 19.1 Å². The molecule has 0 aliphatic heterocycles. The van der Waals surface area contributed by atoms with Gasteiger partial charge in [-0.3, -0.25) is 4.79 Å². The summed E-state index contributed by atoms with van der Waals surface area (Å²) in [5.74, 6) is -2.74. The average Bonchev–Trinajstić information content (AvgIpc) is 2.33. The van der Waals surface area contributed by atoms with Gasteiger partial charge in [-0.15, -0.1) is 0 Å². The van der Waals surface area contributed by atoms with Crippen molar-refractivity contribution in [3.63, 3.8) is 0 Å². The molecule has 0 aliphatic rings. The summed E-state index contributed by atoms with van der Waals surface area (Å²) >= 11 is 0. The summed E-state index contributed by atoms with van der Waals surface area (Å²) in [4.78, 5) is 23.0. The van der Waals surface area contributed by atoms with E-state index >= 15 is 0 Å². The molecule has 0 saturated carbocycles. The standard InChI is InChI=1S/C14H18FNO3/c1-8(2)12(14(18)19)16-13(17)9(3)10-5-4-6-11(15)7-10/h4-9,12H,1-3H3,(H,16,17)(H,18,19)/t9-,12-/m1/s1. The molecule has 0 fully saturated rings. The Hall–Kier alpha value is -1.91. The number of carbonyl (C=O) groups is 2. The zero-order valence-corrected chi connectivity index (χ0v) is 11.2. The third kappa shape index (κ3) is 4.05. The minimum atomic E-state index is -1.07. The highest BCUT2D eigenvalue weighted by molar-refractivity contribution is 5.87. The van der Waals surface area contributed by atoms with Crippen LogP contribution in [-0.4, -0.2) is 23.0 Å². The van der Waals surface area contributed by atoms with E-state index in [1.165, 1.54) is 18.2 Å². The minimum absolute atomic E-state index is 0.221. The van der Waals surface area contributed by atoms with E-state index in [-0.39, 0.29) is 5.92 Å². The second kappa shape index (κ2) is 6.31. The first kappa shape index (κ1) is 15.1. The summed E-state index contributed by atoms with van der Waals surface area (Å²) < 4.78 is 13.1. The van der Waals surface area contributed by atoms with Gasteiger partial charge >= 0.3 is 5.97 Å². The van der Waals surface area contributed by atoms with Gasteiger partial charge in [-0.05, 0) is 30.5 Å². The van der Waals surface area contributed by atoms with Gasteiger partial charge in [-0.1, -0.05) is 26.0 Å². The SMILES string of the molecule is CC(C)[C@@H](NC(=O)[C@H](C)c1cccc(F)c1)C(=O)O. The fourth-order valence-corrected chi connectivity index (χ4v) is 1.72. The fraction of sp³-hybridized carbons (Fsp3) is 0.429.